The SMILES string of the molecule is C[C@@H](CC(=O)c1ccc2c(n1)N(C(=O)Nc1cc(Br)ccn1)[C@H]1CCN2C1)C(F)(F)F.C[C@@H](CC(=O)c1ccc2c(n1)N(C(=O)Nc1cc(OCCN3C(=O)c4ccccc4C3=O)ccn1)[C@H]1CCN2C1)C(F)(F)F.O=C1c2ccccc2C(=O)N1CCO. The number of imide groups is 2. The zero-order chi connectivity index (χ0) is 63.6. The summed E-state index contributed by atoms with van der Waals surface area (Å²) >= 11 is 3.32. The number of β-amino-alcohol motifs (C(OH)–C–C–N with tert-alkyl or cyclic N) is 1. The van der Waals surface area contributed by atoms with Gasteiger partial charge >= 0.3 is 24.4 Å². The molecule has 4 atom stereocenters. The Kier molecular flexibility index (Phi) is 18.1. The number of ether oxygens (including phenoxy) is 1. The first-order chi connectivity index (χ1) is 42.4. The second-order valence-electron chi connectivity index (χ2n) is 21.5. The number of rotatable bonds is 14. The van der Waals surface area contributed by atoms with Gasteiger partial charge in [0.15, 0.2) is 23.2 Å². The van der Waals surface area contributed by atoms with Crippen LogP contribution in [0.5, 0.6) is 5.75 Å². The van der Waals surface area contributed by atoms with Crippen molar-refractivity contribution in [3.63, 3.8) is 0 Å². The average Bonchev–Trinajstić information content (AvgIpc) is 1.79. The van der Waals surface area contributed by atoms with Crippen molar-refractivity contribution in [3.8, 4) is 5.75 Å². The number of pyridine rings is 4. The summed E-state index contributed by atoms with van der Waals surface area (Å²) in [5, 5.41) is 14.1. The zero-order valence-corrected chi connectivity index (χ0v) is 49.0. The molecule has 22 nitrogen and oxygen atoms in total. The summed E-state index contributed by atoms with van der Waals surface area (Å²) in [4.78, 5) is 126. The first-order valence-corrected chi connectivity index (χ1v) is 28.8. The second kappa shape index (κ2) is 25.8. The number of halogens is 7. The molecule has 6 aliphatic heterocycles. The number of amides is 8. The van der Waals surface area contributed by atoms with Crippen LogP contribution in [0.4, 0.5) is 70.6 Å². The minimum atomic E-state index is -4.51. The fourth-order valence-corrected chi connectivity index (χ4v) is 11.2. The first-order valence-electron chi connectivity index (χ1n) is 28.0. The summed E-state index contributed by atoms with van der Waals surface area (Å²) in [6, 6.07) is 24.3. The van der Waals surface area contributed by atoms with Crippen LogP contribution in [-0.4, -0.2) is 159 Å². The number of carbonyl (C=O) groups excluding carboxylic acids is 8. The molecule has 10 heterocycles. The largest absolute Gasteiger partial charge is 0.492 e. The number of benzene rings is 2. The minimum Gasteiger partial charge on any atom is -0.492 e. The molecule has 6 aromatic rings. The van der Waals surface area contributed by atoms with E-state index in [2.05, 4.69) is 51.4 Å². The Balaban J connectivity index is 0.000000167. The third kappa shape index (κ3) is 13.4. The molecule has 4 aromatic heterocycles. The van der Waals surface area contributed by atoms with Gasteiger partial charge in [0.1, 0.15) is 35.4 Å². The lowest BCUT2D eigenvalue weighted by atomic mass is 10.0. The number of fused-ring (bicyclic) bond motifs is 10. The third-order valence-corrected chi connectivity index (χ3v) is 16.1. The molecule has 8 amide bonds. The number of aliphatic hydroxyl groups excluding tert-OH is 1. The molecule has 0 saturated carbocycles. The van der Waals surface area contributed by atoms with Crippen molar-refractivity contribution in [2.45, 2.75) is 64.0 Å². The number of aliphatic hydroxyl groups is 1. The molecule has 2 saturated heterocycles. The van der Waals surface area contributed by atoms with Crippen molar-refractivity contribution in [3.05, 3.63) is 148 Å². The molecule has 464 valence electrons. The van der Waals surface area contributed by atoms with Gasteiger partial charge in [-0.1, -0.05) is 54.0 Å². The van der Waals surface area contributed by atoms with E-state index < -0.39 is 72.5 Å². The first kappa shape index (κ1) is 62.7. The molecule has 12 rings (SSSR count). The number of nitrogens with zero attached hydrogens (tertiary/aromatic N) is 10. The number of hydrogen-bond donors (Lipinski definition) is 3. The number of aromatic nitrogens is 4. The van der Waals surface area contributed by atoms with Crippen molar-refractivity contribution in [1.29, 1.82) is 0 Å². The van der Waals surface area contributed by atoms with E-state index in [9.17, 15) is 64.7 Å². The number of nitrogens with one attached hydrogen (secondary N) is 2. The van der Waals surface area contributed by atoms with E-state index in [0.717, 1.165) is 34.7 Å². The van der Waals surface area contributed by atoms with Gasteiger partial charge in [0.2, 0.25) is 0 Å². The molecule has 29 heteroatoms. The van der Waals surface area contributed by atoms with E-state index in [1.54, 1.807) is 78.9 Å². The summed E-state index contributed by atoms with van der Waals surface area (Å²) in [5.74, 6) is -5.22. The Hall–Kier alpha value is -9.38. The van der Waals surface area contributed by atoms with Crippen molar-refractivity contribution in [1.82, 2.24) is 29.7 Å². The van der Waals surface area contributed by atoms with Crippen LogP contribution in [0.15, 0.2) is 114 Å². The highest BCUT2D eigenvalue weighted by Crippen LogP contribution is 2.42. The van der Waals surface area contributed by atoms with Crippen molar-refractivity contribution in [2.24, 2.45) is 11.8 Å². The fraction of sp³-hybridized carbons (Fsp3) is 0.333. The lowest BCUT2D eigenvalue weighted by Crippen LogP contribution is -2.48. The third-order valence-electron chi connectivity index (χ3n) is 15.6. The van der Waals surface area contributed by atoms with Crippen LogP contribution in [-0.2, 0) is 0 Å². The van der Waals surface area contributed by atoms with E-state index in [0.29, 0.717) is 77.7 Å². The van der Waals surface area contributed by atoms with Gasteiger partial charge in [-0.25, -0.2) is 29.5 Å². The van der Waals surface area contributed by atoms with E-state index >= 15 is 0 Å². The zero-order valence-electron chi connectivity index (χ0n) is 47.4. The summed E-state index contributed by atoms with van der Waals surface area (Å²) in [5.41, 5.74) is 2.58. The topological polar surface area (TPSA) is 261 Å². The van der Waals surface area contributed by atoms with E-state index in [1.807, 2.05) is 4.90 Å². The quantitative estimate of drug-likeness (QED) is 0.0521. The summed E-state index contributed by atoms with van der Waals surface area (Å²) in [6.45, 7) is 4.32. The molecule has 0 spiro atoms. The summed E-state index contributed by atoms with van der Waals surface area (Å²) in [6.07, 6.45) is -6.12. The number of urea groups is 2. The molecule has 2 aromatic carbocycles. The smallest absolute Gasteiger partial charge is 0.391 e. The van der Waals surface area contributed by atoms with Crippen LogP contribution in [0.2, 0.25) is 0 Å². The fourth-order valence-electron chi connectivity index (χ4n) is 10.9. The van der Waals surface area contributed by atoms with Crippen molar-refractivity contribution in [2.75, 3.05) is 82.7 Å². The molecular formula is C60H55BrF6N12O10. The number of hydrogen-bond acceptors (Lipinski definition) is 16. The Labute approximate surface area is 512 Å². The number of alkyl halides is 6. The predicted molar refractivity (Wildman–Crippen MR) is 313 cm³/mol. The molecular weight excluding hydrogens is 1240 g/mol. The van der Waals surface area contributed by atoms with Crippen LogP contribution in [0.25, 0.3) is 0 Å². The maximum Gasteiger partial charge on any atom is 0.391 e. The Morgan fingerprint density at radius 2 is 1.02 bits per heavy atom. The van der Waals surface area contributed by atoms with E-state index in [-0.39, 0.29) is 79.0 Å². The van der Waals surface area contributed by atoms with Gasteiger partial charge in [-0.2, -0.15) is 26.3 Å². The van der Waals surface area contributed by atoms with Crippen molar-refractivity contribution >= 4 is 97.8 Å². The summed E-state index contributed by atoms with van der Waals surface area (Å²) < 4.78 is 84.2. The highest BCUT2D eigenvalue weighted by atomic mass is 79.9. The second-order valence-corrected chi connectivity index (χ2v) is 22.4. The monoisotopic (exact) mass is 1300 g/mol. The van der Waals surface area contributed by atoms with Gasteiger partial charge in [0.25, 0.3) is 23.6 Å². The van der Waals surface area contributed by atoms with Gasteiger partial charge in [0.05, 0.1) is 77.2 Å². The minimum absolute atomic E-state index is 0.00790. The van der Waals surface area contributed by atoms with Gasteiger partial charge in [-0.05, 0) is 79.6 Å². The van der Waals surface area contributed by atoms with Gasteiger partial charge < -0.3 is 19.6 Å². The van der Waals surface area contributed by atoms with Gasteiger partial charge in [0, 0.05) is 62.0 Å². The lowest BCUT2D eigenvalue weighted by Gasteiger charge is -2.35. The Morgan fingerprint density at radius 3 is 1.44 bits per heavy atom. The molecule has 3 N–H and O–H groups in total. The molecule has 2 fully saturated rings. The highest BCUT2D eigenvalue weighted by molar-refractivity contribution is 9.10. The number of Topliss-reactive ketones (excluding diaryl/α,β-unsaturated/α-hetero) is 2. The van der Waals surface area contributed by atoms with Gasteiger partial charge in [-0.3, -0.25) is 59.0 Å². The molecule has 0 unspecified atom stereocenters. The normalized spacial score (nSPS) is 17.6. The number of anilines is 6. The highest BCUT2D eigenvalue weighted by Gasteiger charge is 2.44. The van der Waals surface area contributed by atoms with Crippen LogP contribution < -0.4 is 35.0 Å². The van der Waals surface area contributed by atoms with Crippen LogP contribution in [0.1, 0.15) is 102 Å². The Morgan fingerprint density at radius 1 is 0.607 bits per heavy atom. The molecule has 6 aliphatic rings. The van der Waals surface area contributed by atoms with E-state index in [1.165, 1.54) is 40.4 Å². The maximum absolute atomic E-state index is 13.5. The summed E-state index contributed by atoms with van der Waals surface area (Å²) in [7, 11) is 0. The molecule has 0 radical (unpaired) electrons. The predicted octanol–water partition coefficient (Wildman–Crippen LogP) is 9.47. The molecule has 0 aliphatic carbocycles. The maximum atomic E-state index is 13.5. The van der Waals surface area contributed by atoms with Crippen LogP contribution in [0.3, 0.4) is 0 Å². The lowest BCUT2D eigenvalue weighted by molar-refractivity contribution is -0.169. The Bertz CT molecular complexity index is 3730. The van der Waals surface area contributed by atoms with Crippen LogP contribution >= 0.6 is 15.9 Å². The standard InChI is InChI=1S/C30H27F3N6O5.C20H19BrF3N5O2.C10H9NO3/c1-17(30(31,32)33)14-24(40)22-6-7-23-26(35-22)39(18-9-11-37(23)16-18)29(43)36-25-15-19(8-10-34-25)44-13-12-38-27(41)20-4-2-3-5-21(20)28(38)42;1-11(20(22,23)24)8-16(30)14-2-3-15-18(26-14)29(13-5-7-28(15)10-13)19(31)27-17-9-12(21)4-6-25-17;12-6-5-11-9(13)7-3-1-2-4-8(7)10(11)14/h2-8,10,15,17-18H,9,11-14,16H2,1H3,(H,34,36,43);2-4,6,9,11,13H,5,7-8,10H2,1H3,(H,25,27,31);1-4,12H,5-6H2/t17-,18-;11-,13-;/m00./s1. The van der Waals surface area contributed by atoms with Crippen molar-refractivity contribution < 1.29 is 74.5 Å². The van der Waals surface area contributed by atoms with Gasteiger partial charge in [-0.15, -0.1) is 0 Å². The molecule has 4 bridgehead atoms. The van der Waals surface area contributed by atoms with E-state index in [4.69, 9.17) is 9.84 Å². The number of ketones is 2. The number of carbonyl (C=O) groups is 8. The molecule has 89 heavy (non-hydrogen) atoms. The average molecular weight is 1300 g/mol. The van der Waals surface area contributed by atoms with Crippen LogP contribution in [0, 0.1) is 11.8 Å².